The topological polar surface area (TPSA) is 129 Å². The van der Waals surface area contributed by atoms with Gasteiger partial charge in [0.2, 0.25) is 23.6 Å². The minimum absolute atomic E-state index is 0.184. The molecule has 4 aliphatic heterocycles. The number of carbonyl (C=O) groups is 4. The van der Waals surface area contributed by atoms with Crippen molar-refractivity contribution < 1.29 is 23.6 Å². The molecule has 12 nitrogen and oxygen atoms in total. The lowest BCUT2D eigenvalue weighted by molar-refractivity contribution is -0.141. The molecule has 4 aliphatic rings. The molecule has 4 saturated heterocycles. The van der Waals surface area contributed by atoms with Crippen LogP contribution in [0.25, 0.3) is 0 Å². The summed E-state index contributed by atoms with van der Waals surface area (Å²) in [6.45, 7) is 37.8. The standard InChI is InChI=1S/2C17H26N2O.C16H23FN2O.C16H24N2O/c1-13-5-7-14(8-6-13)11-15-12-19(10-9-18-15)16(20)17(2,3)4;1-13-6-5-7-14(10-13)11-15-12-19(9-8-18-15)16(20)17(2,3)4;1-16(2,3)15(20)19-8-7-18-14(11-19)10-12-5-4-6-13(17)9-12;1-16(2,3)15(19)18-10-9-17-14(12-18)11-13-7-5-4-6-8-13/h5-8,15,18H,9-12H2,1-4H3;5-7,10,15,18H,8-9,11-12H2,1-4H3;4-6,9,14,18H,7-8,10-11H2,1-3H3;4-8,14,17H,9-12H2,1-3H3. The van der Waals surface area contributed by atoms with Crippen LogP contribution in [0.1, 0.15) is 116 Å². The lowest BCUT2D eigenvalue weighted by atomic mass is 9.93. The summed E-state index contributed by atoms with van der Waals surface area (Å²) in [7, 11) is 0. The quantitative estimate of drug-likeness (QED) is 0.138. The Morgan fingerprint density at radius 1 is 0.392 bits per heavy atom. The number of halogens is 1. The van der Waals surface area contributed by atoms with E-state index in [-0.39, 0.29) is 57.1 Å². The predicted molar refractivity (Wildman–Crippen MR) is 321 cm³/mol. The van der Waals surface area contributed by atoms with E-state index in [2.05, 4.69) is 108 Å². The average Bonchev–Trinajstić information content (AvgIpc) is 3.40. The van der Waals surface area contributed by atoms with Crippen LogP contribution >= 0.6 is 0 Å². The normalized spacial score (nSPS) is 20.1. The summed E-state index contributed by atoms with van der Waals surface area (Å²) in [6.07, 6.45) is 3.68. The summed E-state index contributed by atoms with van der Waals surface area (Å²) in [5, 5.41) is 14.0. The molecule has 434 valence electrons. The minimum Gasteiger partial charge on any atom is -0.339 e. The zero-order chi connectivity index (χ0) is 58.1. The van der Waals surface area contributed by atoms with Crippen molar-refractivity contribution in [2.75, 3.05) is 78.5 Å². The van der Waals surface area contributed by atoms with Crippen molar-refractivity contribution in [3.05, 3.63) is 142 Å². The Hall–Kier alpha value is -5.47. The van der Waals surface area contributed by atoms with Crippen LogP contribution in [0.15, 0.2) is 103 Å². The van der Waals surface area contributed by atoms with Gasteiger partial charge in [-0.25, -0.2) is 4.39 Å². The molecule has 4 atom stereocenters. The molecule has 4 fully saturated rings. The van der Waals surface area contributed by atoms with E-state index in [9.17, 15) is 23.6 Å². The van der Waals surface area contributed by atoms with E-state index in [0.29, 0.717) is 24.7 Å². The van der Waals surface area contributed by atoms with E-state index in [1.807, 2.05) is 115 Å². The molecule has 4 aromatic carbocycles. The molecule has 4 amide bonds. The van der Waals surface area contributed by atoms with E-state index in [1.54, 1.807) is 12.1 Å². The first-order chi connectivity index (χ1) is 37.0. The fourth-order valence-electron chi connectivity index (χ4n) is 10.5. The highest BCUT2D eigenvalue weighted by Gasteiger charge is 2.34. The lowest BCUT2D eigenvalue weighted by Gasteiger charge is -2.37. The number of amides is 4. The zero-order valence-corrected chi connectivity index (χ0v) is 50.7. The van der Waals surface area contributed by atoms with Gasteiger partial charge >= 0.3 is 0 Å². The molecule has 13 heteroatoms. The number of rotatable bonds is 8. The zero-order valence-electron chi connectivity index (χ0n) is 50.7. The third-order valence-corrected chi connectivity index (χ3v) is 14.6. The third kappa shape index (κ3) is 21.8. The van der Waals surface area contributed by atoms with Gasteiger partial charge in [-0.1, -0.05) is 185 Å². The van der Waals surface area contributed by atoms with Crippen LogP contribution in [0, 0.1) is 41.3 Å². The first-order valence-electron chi connectivity index (χ1n) is 29.1. The number of carbonyl (C=O) groups excluding carboxylic acids is 4. The van der Waals surface area contributed by atoms with Crippen molar-refractivity contribution in [2.45, 2.75) is 147 Å². The molecule has 8 rings (SSSR count). The highest BCUT2D eigenvalue weighted by Crippen LogP contribution is 2.23. The molecule has 0 radical (unpaired) electrons. The second-order valence-corrected chi connectivity index (χ2v) is 26.5. The Morgan fingerprint density at radius 3 is 1.03 bits per heavy atom. The number of nitrogens with zero attached hydrogens (tertiary/aromatic N) is 4. The van der Waals surface area contributed by atoms with Crippen LogP contribution in [0.3, 0.4) is 0 Å². The first-order valence-corrected chi connectivity index (χ1v) is 29.1. The van der Waals surface area contributed by atoms with Crippen molar-refractivity contribution in [2.24, 2.45) is 21.7 Å². The van der Waals surface area contributed by atoms with Crippen LogP contribution in [0.2, 0.25) is 0 Å². The predicted octanol–water partition coefficient (Wildman–Crippen LogP) is 9.06. The van der Waals surface area contributed by atoms with E-state index >= 15 is 0 Å². The van der Waals surface area contributed by atoms with Gasteiger partial charge in [-0.05, 0) is 73.9 Å². The van der Waals surface area contributed by atoms with Crippen molar-refractivity contribution >= 4 is 23.6 Å². The molecule has 0 spiro atoms. The van der Waals surface area contributed by atoms with Crippen molar-refractivity contribution in [1.29, 1.82) is 0 Å². The molecule has 0 saturated carbocycles. The van der Waals surface area contributed by atoms with Crippen LogP contribution in [0.5, 0.6) is 0 Å². The number of benzene rings is 4. The summed E-state index contributed by atoms with van der Waals surface area (Å²) >= 11 is 0. The summed E-state index contributed by atoms with van der Waals surface area (Å²) in [6, 6.07) is 35.7. The van der Waals surface area contributed by atoms with Gasteiger partial charge in [0.1, 0.15) is 5.82 Å². The van der Waals surface area contributed by atoms with Crippen molar-refractivity contribution in [3.8, 4) is 0 Å². The molecule has 4 heterocycles. The SMILES string of the molecule is CC(C)(C)C(=O)N1CCNC(Cc2cccc(F)c2)C1.CC(C)(C)C(=O)N1CCNC(Cc2ccccc2)C1.Cc1ccc(CC2CN(C(=O)C(C)(C)C)CCN2)cc1.Cc1cccc(CC2CN(C(=O)C(C)(C)C)CCN2)c1. The van der Waals surface area contributed by atoms with Crippen LogP contribution in [0.4, 0.5) is 4.39 Å². The second-order valence-electron chi connectivity index (χ2n) is 26.5. The van der Waals surface area contributed by atoms with Gasteiger partial charge in [0.05, 0.1) is 0 Å². The number of nitrogens with one attached hydrogen (secondary N) is 4. The molecule has 79 heavy (non-hydrogen) atoms. The number of hydrogen-bond donors (Lipinski definition) is 4. The average molecular weight is 1090 g/mol. The molecule has 4 N–H and O–H groups in total. The number of piperazine rings is 4. The highest BCUT2D eigenvalue weighted by molar-refractivity contribution is 5.83. The Labute approximate surface area is 475 Å². The molecule has 0 aromatic heterocycles. The largest absolute Gasteiger partial charge is 0.339 e. The summed E-state index contributed by atoms with van der Waals surface area (Å²) < 4.78 is 13.2. The molecule has 0 aliphatic carbocycles. The molecule has 4 unspecified atom stereocenters. The fraction of sp³-hybridized carbons (Fsp3) is 0.576. The van der Waals surface area contributed by atoms with E-state index in [1.165, 1.54) is 33.9 Å². The monoisotopic (exact) mass is 1090 g/mol. The van der Waals surface area contributed by atoms with Crippen LogP contribution in [-0.4, -0.2) is 146 Å². The molecular weight excluding hydrogens is 988 g/mol. The van der Waals surface area contributed by atoms with Gasteiger partial charge in [-0.3, -0.25) is 19.2 Å². The van der Waals surface area contributed by atoms with Crippen molar-refractivity contribution in [3.63, 3.8) is 0 Å². The molecular formula is C66H99FN8O4. The summed E-state index contributed by atoms with van der Waals surface area (Å²) in [4.78, 5) is 57.3. The van der Waals surface area contributed by atoms with E-state index < -0.39 is 0 Å². The van der Waals surface area contributed by atoms with Gasteiger partial charge in [-0.2, -0.15) is 0 Å². The Balaban J connectivity index is 0.000000194. The maximum absolute atomic E-state index is 13.2. The van der Waals surface area contributed by atoms with Gasteiger partial charge in [0.15, 0.2) is 0 Å². The van der Waals surface area contributed by atoms with E-state index in [0.717, 1.165) is 103 Å². The Bertz CT molecular complexity index is 2460. The van der Waals surface area contributed by atoms with Crippen molar-refractivity contribution in [1.82, 2.24) is 40.9 Å². The third-order valence-electron chi connectivity index (χ3n) is 14.6. The van der Waals surface area contributed by atoms with Gasteiger partial charge in [0.25, 0.3) is 0 Å². The number of hydrogen-bond acceptors (Lipinski definition) is 8. The van der Waals surface area contributed by atoms with Crippen LogP contribution < -0.4 is 21.3 Å². The second kappa shape index (κ2) is 29.3. The fourth-order valence-corrected chi connectivity index (χ4v) is 10.5. The van der Waals surface area contributed by atoms with Crippen LogP contribution in [-0.2, 0) is 44.9 Å². The van der Waals surface area contributed by atoms with Gasteiger partial charge < -0.3 is 40.9 Å². The Morgan fingerprint density at radius 2 is 0.696 bits per heavy atom. The minimum atomic E-state index is -0.346. The molecule has 0 bridgehead atoms. The maximum atomic E-state index is 13.2. The first kappa shape index (κ1) is 64.4. The summed E-state index contributed by atoms with van der Waals surface area (Å²) in [5.41, 5.74) is 6.34. The summed E-state index contributed by atoms with van der Waals surface area (Å²) in [5.74, 6) is 0.748. The highest BCUT2D eigenvalue weighted by atomic mass is 19.1. The van der Waals surface area contributed by atoms with Gasteiger partial charge in [0, 0.05) is 124 Å². The smallest absolute Gasteiger partial charge is 0.228 e. The number of aryl methyl sites for hydroxylation is 2. The van der Waals surface area contributed by atoms with Gasteiger partial charge in [-0.15, -0.1) is 0 Å². The lowest BCUT2D eigenvalue weighted by Crippen LogP contribution is -2.55. The maximum Gasteiger partial charge on any atom is 0.228 e. The Kier molecular flexibility index (Phi) is 23.9. The molecule has 4 aromatic rings. The van der Waals surface area contributed by atoms with E-state index in [4.69, 9.17) is 0 Å².